The first-order valence-electron chi connectivity index (χ1n) is 12.2. The number of anilines is 1. The molecular formula is C29H23ClF3N3O3. The number of hydrogen-bond acceptors (Lipinski definition) is 3. The van der Waals surface area contributed by atoms with Gasteiger partial charge in [-0.2, -0.15) is 13.2 Å². The molecular weight excluding hydrogens is 531 g/mol. The van der Waals surface area contributed by atoms with Crippen molar-refractivity contribution in [3.8, 4) is 0 Å². The smallest absolute Gasteiger partial charge is 0.331 e. The van der Waals surface area contributed by atoms with Crippen molar-refractivity contribution < 1.29 is 27.6 Å². The molecule has 0 aromatic heterocycles. The molecule has 0 aliphatic carbocycles. The number of rotatable bonds is 4. The molecule has 0 N–H and O–H groups in total. The van der Waals surface area contributed by atoms with Gasteiger partial charge in [0.2, 0.25) is 5.91 Å². The summed E-state index contributed by atoms with van der Waals surface area (Å²) in [5.74, 6) is -1.24. The van der Waals surface area contributed by atoms with Gasteiger partial charge >= 0.3 is 6.18 Å². The number of halogens is 4. The van der Waals surface area contributed by atoms with Crippen LogP contribution in [0.1, 0.15) is 37.4 Å². The normalized spacial score (nSPS) is 15.4. The molecule has 0 atom stereocenters. The van der Waals surface area contributed by atoms with Crippen molar-refractivity contribution in [1.82, 2.24) is 9.80 Å². The Balaban J connectivity index is 1.47. The van der Waals surface area contributed by atoms with Crippen molar-refractivity contribution in [3.63, 3.8) is 0 Å². The quantitative estimate of drug-likeness (QED) is 0.398. The first-order chi connectivity index (χ1) is 18.6. The zero-order valence-electron chi connectivity index (χ0n) is 20.6. The summed E-state index contributed by atoms with van der Waals surface area (Å²) in [4.78, 5) is 43.4. The van der Waals surface area contributed by atoms with E-state index in [1.54, 1.807) is 29.2 Å². The Kier molecular flexibility index (Phi) is 7.18. The van der Waals surface area contributed by atoms with E-state index in [4.69, 9.17) is 11.6 Å². The van der Waals surface area contributed by atoms with Crippen molar-refractivity contribution in [2.75, 3.05) is 24.5 Å². The molecule has 2 heterocycles. The number of hydrogen-bond donors (Lipinski definition) is 0. The lowest BCUT2D eigenvalue weighted by Crippen LogP contribution is -2.39. The summed E-state index contributed by atoms with van der Waals surface area (Å²) in [6.45, 7) is 0.229. The van der Waals surface area contributed by atoms with Gasteiger partial charge in [-0.15, -0.1) is 0 Å². The van der Waals surface area contributed by atoms with E-state index >= 15 is 0 Å². The molecule has 0 fully saturated rings. The summed E-state index contributed by atoms with van der Waals surface area (Å²) in [7, 11) is 0. The fraction of sp³-hybridized carbons (Fsp3) is 0.207. The van der Waals surface area contributed by atoms with Crippen LogP contribution in [0.15, 0.2) is 78.9 Å². The van der Waals surface area contributed by atoms with Crippen LogP contribution in [0.3, 0.4) is 0 Å². The highest BCUT2D eigenvalue weighted by atomic mass is 35.5. The average Bonchev–Trinajstić information content (AvgIpc) is 3.41. The van der Waals surface area contributed by atoms with Gasteiger partial charge in [0.15, 0.2) is 0 Å². The van der Waals surface area contributed by atoms with Gasteiger partial charge < -0.3 is 14.7 Å². The van der Waals surface area contributed by atoms with Crippen LogP contribution >= 0.6 is 11.6 Å². The van der Waals surface area contributed by atoms with E-state index < -0.39 is 36.6 Å². The van der Waals surface area contributed by atoms with E-state index in [0.717, 1.165) is 11.0 Å². The number of carbonyl (C=O) groups is 3. The molecule has 0 unspecified atom stereocenters. The van der Waals surface area contributed by atoms with E-state index in [9.17, 15) is 27.6 Å². The lowest BCUT2D eigenvalue weighted by atomic mass is 10.0. The third-order valence-electron chi connectivity index (χ3n) is 6.75. The van der Waals surface area contributed by atoms with E-state index in [-0.39, 0.29) is 29.3 Å². The third kappa shape index (κ3) is 5.54. The van der Waals surface area contributed by atoms with E-state index in [1.165, 1.54) is 41.3 Å². The van der Waals surface area contributed by atoms with E-state index in [0.29, 0.717) is 29.2 Å². The Bertz CT molecular complexity index is 1450. The first-order valence-corrected chi connectivity index (χ1v) is 12.6. The molecule has 3 amide bonds. The van der Waals surface area contributed by atoms with Gasteiger partial charge in [-0.1, -0.05) is 42.0 Å². The molecule has 3 aromatic rings. The predicted octanol–water partition coefficient (Wildman–Crippen LogP) is 5.56. The van der Waals surface area contributed by atoms with Crippen LogP contribution in [-0.2, 0) is 24.1 Å². The largest absolute Gasteiger partial charge is 0.416 e. The Morgan fingerprint density at radius 1 is 0.795 bits per heavy atom. The molecule has 0 bridgehead atoms. The number of alkyl halides is 3. The number of carbonyl (C=O) groups excluding carboxylic acids is 3. The Morgan fingerprint density at radius 3 is 2.00 bits per heavy atom. The van der Waals surface area contributed by atoms with Crippen molar-refractivity contribution in [1.29, 1.82) is 0 Å². The minimum atomic E-state index is -4.69. The summed E-state index contributed by atoms with van der Waals surface area (Å²) < 4.78 is 42.1. The van der Waals surface area contributed by atoms with Gasteiger partial charge in [0.05, 0.1) is 12.1 Å². The zero-order valence-corrected chi connectivity index (χ0v) is 21.4. The monoisotopic (exact) mass is 553 g/mol. The lowest BCUT2D eigenvalue weighted by Gasteiger charge is -2.24. The summed E-state index contributed by atoms with van der Waals surface area (Å²) in [5.41, 5.74) is 0.328. The Morgan fingerprint density at radius 2 is 1.38 bits per heavy atom. The van der Waals surface area contributed by atoms with Crippen LogP contribution in [0, 0.1) is 0 Å². The molecule has 10 heteroatoms. The molecule has 200 valence electrons. The second-order valence-electron chi connectivity index (χ2n) is 9.33. The van der Waals surface area contributed by atoms with Crippen molar-refractivity contribution in [2.24, 2.45) is 0 Å². The highest BCUT2D eigenvalue weighted by molar-refractivity contribution is 6.30. The molecule has 0 saturated heterocycles. The second-order valence-corrected chi connectivity index (χ2v) is 9.76. The van der Waals surface area contributed by atoms with Crippen LogP contribution in [0.5, 0.6) is 0 Å². The van der Waals surface area contributed by atoms with Crippen molar-refractivity contribution in [3.05, 3.63) is 112 Å². The van der Waals surface area contributed by atoms with Crippen LogP contribution < -0.4 is 4.90 Å². The maximum atomic E-state index is 14.0. The van der Waals surface area contributed by atoms with Gasteiger partial charge in [-0.3, -0.25) is 14.4 Å². The van der Waals surface area contributed by atoms with Gasteiger partial charge in [-0.25, -0.2) is 0 Å². The molecule has 0 saturated carbocycles. The second kappa shape index (κ2) is 10.6. The summed E-state index contributed by atoms with van der Waals surface area (Å²) in [6, 6.07) is 16.2. The van der Waals surface area contributed by atoms with Crippen LogP contribution in [0.4, 0.5) is 18.9 Å². The molecule has 5 rings (SSSR count). The van der Waals surface area contributed by atoms with Gasteiger partial charge in [0.25, 0.3) is 11.8 Å². The molecule has 0 spiro atoms. The highest BCUT2D eigenvalue weighted by Gasteiger charge is 2.38. The SMILES string of the molecule is O=C(c1ccc(CN2C(=O)CN(C(=O)c3ccc(Cl)cc3)Cc3c2cccc3C(F)(F)F)cc1)N1CC=CC1. The lowest BCUT2D eigenvalue weighted by molar-refractivity contribution is -0.138. The van der Waals surface area contributed by atoms with E-state index in [1.807, 2.05) is 12.2 Å². The first kappa shape index (κ1) is 26.5. The summed E-state index contributed by atoms with van der Waals surface area (Å²) in [6.07, 6.45) is -0.874. The van der Waals surface area contributed by atoms with E-state index in [2.05, 4.69) is 0 Å². The summed E-state index contributed by atoms with van der Waals surface area (Å²) in [5, 5.41) is 0.402. The minimum absolute atomic E-state index is 0.0319. The molecule has 6 nitrogen and oxygen atoms in total. The van der Waals surface area contributed by atoms with Gasteiger partial charge in [0, 0.05) is 47.0 Å². The fourth-order valence-electron chi connectivity index (χ4n) is 4.74. The predicted molar refractivity (Wildman–Crippen MR) is 140 cm³/mol. The minimum Gasteiger partial charge on any atom is -0.331 e. The van der Waals surface area contributed by atoms with Crippen LogP contribution in [0.25, 0.3) is 0 Å². The Hall–Kier alpha value is -4.11. The molecule has 2 aliphatic heterocycles. The summed E-state index contributed by atoms with van der Waals surface area (Å²) >= 11 is 5.91. The van der Waals surface area contributed by atoms with Crippen LogP contribution in [-0.4, -0.2) is 47.2 Å². The number of amides is 3. The topological polar surface area (TPSA) is 60.9 Å². The Labute approximate surface area is 227 Å². The molecule has 39 heavy (non-hydrogen) atoms. The molecule has 3 aromatic carbocycles. The van der Waals surface area contributed by atoms with Crippen molar-refractivity contribution in [2.45, 2.75) is 19.3 Å². The van der Waals surface area contributed by atoms with Crippen LogP contribution in [0.2, 0.25) is 5.02 Å². The molecule has 2 aliphatic rings. The average molecular weight is 554 g/mol. The highest BCUT2D eigenvalue weighted by Crippen LogP contribution is 2.39. The van der Waals surface area contributed by atoms with Crippen molar-refractivity contribution >= 4 is 35.0 Å². The van der Waals surface area contributed by atoms with Gasteiger partial charge in [-0.05, 0) is 54.1 Å². The number of nitrogens with zero attached hydrogens (tertiary/aromatic N) is 3. The molecule has 0 radical (unpaired) electrons. The van der Waals surface area contributed by atoms with Gasteiger partial charge in [0.1, 0.15) is 6.54 Å². The zero-order chi connectivity index (χ0) is 27.7. The maximum absolute atomic E-state index is 14.0. The third-order valence-corrected chi connectivity index (χ3v) is 7.00. The number of fused-ring (bicyclic) bond motifs is 1. The standard InChI is InChI=1S/C29H23ClF3N3O3/c30-22-12-10-21(11-13-22)28(39)35-17-23-24(29(31,32)33)4-3-5-25(23)36(26(37)18-35)16-19-6-8-20(9-7-19)27(38)34-14-1-2-15-34/h1-13H,14-18H2. The fourth-order valence-corrected chi connectivity index (χ4v) is 4.87. The maximum Gasteiger partial charge on any atom is 0.416 e. The number of benzene rings is 3.